The van der Waals surface area contributed by atoms with E-state index in [1.54, 1.807) is 0 Å². The van der Waals surface area contributed by atoms with Gasteiger partial charge in [0.05, 0.1) is 5.54 Å². The zero-order valence-corrected chi connectivity index (χ0v) is 19.4. The number of rotatable bonds is 20. The molecule has 3 N–H and O–H groups in total. The standard InChI is InChI=1S/C25H50N2O/c1-4-7-9-10-11-12-13-14-15-16-17-18-19-20-22-25(26,6-3)24(28)27-23-21-8-5-2/h14-15H,4-13,16-23,26H2,1-3H3,(H,27,28)/b15-14-. The van der Waals surface area contributed by atoms with Crippen LogP contribution in [0.2, 0.25) is 0 Å². The molecule has 0 fully saturated rings. The minimum Gasteiger partial charge on any atom is -0.355 e. The zero-order valence-electron chi connectivity index (χ0n) is 19.4. The fraction of sp³-hybridized carbons (Fsp3) is 0.880. The minimum absolute atomic E-state index is 0.0451. The van der Waals surface area contributed by atoms with Crippen LogP contribution in [0.4, 0.5) is 0 Å². The number of carbonyl (C=O) groups excluding carboxylic acids is 1. The topological polar surface area (TPSA) is 55.1 Å². The van der Waals surface area contributed by atoms with E-state index in [4.69, 9.17) is 5.73 Å². The van der Waals surface area contributed by atoms with Crippen LogP contribution in [0.3, 0.4) is 0 Å². The normalized spacial score (nSPS) is 13.7. The Morgan fingerprint density at radius 2 is 1.25 bits per heavy atom. The van der Waals surface area contributed by atoms with Gasteiger partial charge in [0.25, 0.3) is 0 Å². The molecular formula is C25H50N2O. The smallest absolute Gasteiger partial charge is 0.240 e. The predicted molar refractivity (Wildman–Crippen MR) is 125 cm³/mol. The zero-order chi connectivity index (χ0) is 20.9. The van der Waals surface area contributed by atoms with Gasteiger partial charge in [-0.2, -0.15) is 0 Å². The quantitative estimate of drug-likeness (QED) is 0.172. The Morgan fingerprint density at radius 3 is 1.82 bits per heavy atom. The maximum atomic E-state index is 12.4. The monoisotopic (exact) mass is 394 g/mol. The summed E-state index contributed by atoms with van der Waals surface area (Å²) < 4.78 is 0. The number of amides is 1. The van der Waals surface area contributed by atoms with Gasteiger partial charge in [-0.25, -0.2) is 0 Å². The first-order valence-electron chi connectivity index (χ1n) is 12.3. The van der Waals surface area contributed by atoms with E-state index in [9.17, 15) is 4.79 Å². The average molecular weight is 395 g/mol. The molecule has 0 aromatic carbocycles. The van der Waals surface area contributed by atoms with E-state index in [1.807, 2.05) is 6.92 Å². The number of carbonyl (C=O) groups is 1. The summed E-state index contributed by atoms with van der Waals surface area (Å²) >= 11 is 0. The van der Waals surface area contributed by atoms with Crippen molar-refractivity contribution in [2.45, 2.75) is 135 Å². The molecule has 3 heteroatoms. The molecule has 0 heterocycles. The number of hydrogen-bond acceptors (Lipinski definition) is 2. The highest BCUT2D eigenvalue weighted by Gasteiger charge is 2.30. The Labute approximate surface area is 176 Å². The van der Waals surface area contributed by atoms with Crippen molar-refractivity contribution in [1.82, 2.24) is 5.32 Å². The van der Waals surface area contributed by atoms with Crippen molar-refractivity contribution in [3.8, 4) is 0 Å². The third-order valence-electron chi connectivity index (χ3n) is 5.78. The number of unbranched alkanes of at least 4 members (excludes halogenated alkanes) is 12. The Bertz CT molecular complexity index is 381. The summed E-state index contributed by atoms with van der Waals surface area (Å²) in [7, 11) is 0. The van der Waals surface area contributed by atoms with E-state index in [0.717, 1.165) is 32.2 Å². The third-order valence-corrected chi connectivity index (χ3v) is 5.78. The Kier molecular flexibility index (Phi) is 18.9. The van der Waals surface area contributed by atoms with Crippen molar-refractivity contribution in [3.05, 3.63) is 12.2 Å². The fourth-order valence-electron chi connectivity index (χ4n) is 3.54. The second-order valence-electron chi connectivity index (χ2n) is 8.45. The molecule has 28 heavy (non-hydrogen) atoms. The van der Waals surface area contributed by atoms with E-state index in [0.29, 0.717) is 6.42 Å². The highest BCUT2D eigenvalue weighted by Crippen LogP contribution is 2.18. The molecule has 3 nitrogen and oxygen atoms in total. The highest BCUT2D eigenvalue weighted by molar-refractivity contribution is 5.85. The molecule has 1 atom stereocenters. The van der Waals surface area contributed by atoms with Crippen LogP contribution in [0.5, 0.6) is 0 Å². The van der Waals surface area contributed by atoms with Crippen LogP contribution in [-0.2, 0) is 4.79 Å². The molecule has 1 amide bonds. The minimum atomic E-state index is -0.677. The van der Waals surface area contributed by atoms with Crippen molar-refractivity contribution in [1.29, 1.82) is 0 Å². The van der Waals surface area contributed by atoms with E-state index in [-0.39, 0.29) is 5.91 Å². The fourth-order valence-corrected chi connectivity index (χ4v) is 3.54. The van der Waals surface area contributed by atoms with Crippen LogP contribution in [0.15, 0.2) is 12.2 Å². The molecule has 0 bridgehead atoms. The van der Waals surface area contributed by atoms with Crippen molar-refractivity contribution < 1.29 is 4.79 Å². The molecule has 0 saturated carbocycles. The summed E-state index contributed by atoms with van der Waals surface area (Å²) in [4.78, 5) is 12.4. The largest absolute Gasteiger partial charge is 0.355 e. The van der Waals surface area contributed by atoms with Crippen molar-refractivity contribution >= 4 is 5.91 Å². The van der Waals surface area contributed by atoms with Gasteiger partial charge >= 0.3 is 0 Å². The van der Waals surface area contributed by atoms with Crippen LogP contribution < -0.4 is 11.1 Å². The van der Waals surface area contributed by atoms with Crippen LogP contribution in [-0.4, -0.2) is 18.0 Å². The molecular weight excluding hydrogens is 344 g/mol. The first kappa shape index (κ1) is 27.2. The maximum Gasteiger partial charge on any atom is 0.240 e. The lowest BCUT2D eigenvalue weighted by Gasteiger charge is -2.27. The van der Waals surface area contributed by atoms with Crippen LogP contribution >= 0.6 is 0 Å². The van der Waals surface area contributed by atoms with Crippen molar-refractivity contribution in [2.24, 2.45) is 5.73 Å². The molecule has 0 aromatic heterocycles. The molecule has 0 aliphatic carbocycles. The number of nitrogens with two attached hydrogens (primary N) is 1. The molecule has 0 saturated heterocycles. The second kappa shape index (κ2) is 19.5. The summed E-state index contributed by atoms with van der Waals surface area (Å²) in [5.74, 6) is 0.0451. The molecule has 0 aliphatic heterocycles. The average Bonchev–Trinajstić information content (AvgIpc) is 2.71. The van der Waals surface area contributed by atoms with Gasteiger partial charge in [0.15, 0.2) is 0 Å². The number of allylic oxidation sites excluding steroid dienone is 2. The molecule has 0 radical (unpaired) electrons. The maximum absolute atomic E-state index is 12.4. The highest BCUT2D eigenvalue weighted by atomic mass is 16.2. The lowest BCUT2D eigenvalue weighted by molar-refractivity contribution is -0.126. The lowest BCUT2D eigenvalue weighted by Crippen LogP contribution is -2.53. The van der Waals surface area contributed by atoms with Gasteiger partial charge in [-0.3, -0.25) is 4.79 Å². The van der Waals surface area contributed by atoms with Gasteiger partial charge in [0.2, 0.25) is 5.91 Å². The Hall–Kier alpha value is -0.830. The second-order valence-corrected chi connectivity index (χ2v) is 8.45. The van der Waals surface area contributed by atoms with E-state index >= 15 is 0 Å². The van der Waals surface area contributed by atoms with Crippen LogP contribution in [0.1, 0.15) is 130 Å². The van der Waals surface area contributed by atoms with Gasteiger partial charge < -0.3 is 11.1 Å². The van der Waals surface area contributed by atoms with E-state index < -0.39 is 5.54 Å². The number of nitrogens with one attached hydrogen (secondary N) is 1. The molecule has 0 spiro atoms. The summed E-state index contributed by atoms with van der Waals surface area (Å²) in [5, 5.41) is 3.04. The summed E-state index contributed by atoms with van der Waals surface area (Å²) in [6.07, 6.45) is 25.0. The van der Waals surface area contributed by atoms with Gasteiger partial charge in [-0.15, -0.1) is 0 Å². The van der Waals surface area contributed by atoms with Gasteiger partial charge in [-0.05, 0) is 44.9 Å². The SMILES string of the molecule is CCCCCCCC/C=C\CCCCCCC(N)(CC)C(=O)NCCCCC. The Morgan fingerprint density at radius 1 is 0.750 bits per heavy atom. The summed E-state index contributed by atoms with van der Waals surface area (Å²) in [5.41, 5.74) is 5.70. The van der Waals surface area contributed by atoms with Gasteiger partial charge in [0.1, 0.15) is 0 Å². The van der Waals surface area contributed by atoms with Crippen LogP contribution in [0, 0.1) is 0 Å². The van der Waals surface area contributed by atoms with E-state index in [1.165, 1.54) is 77.0 Å². The third kappa shape index (κ3) is 15.1. The summed E-state index contributed by atoms with van der Waals surface area (Å²) in [6, 6.07) is 0. The van der Waals surface area contributed by atoms with Crippen LogP contribution in [0.25, 0.3) is 0 Å². The molecule has 0 rings (SSSR count). The molecule has 0 aromatic rings. The lowest BCUT2D eigenvalue weighted by atomic mass is 9.89. The van der Waals surface area contributed by atoms with Gasteiger partial charge in [0, 0.05) is 6.54 Å². The van der Waals surface area contributed by atoms with Crippen molar-refractivity contribution in [2.75, 3.05) is 6.54 Å². The van der Waals surface area contributed by atoms with E-state index in [2.05, 4.69) is 31.3 Å². The molecule has 0 aliphatic rings. The molecule has 1 unspecified atom stereocenters. The first-order chi connectivity index (χ1) is 13.6. The predicted octanol–water partition coefficient (Wildman–Crippen LogP) is 7.05. The van der Waals surface area contributed by atoms with Crippen molar-refractivity contribution in [3.63, 3.8) is 0 Å². The number of hydrogen-bond donors (Lipinski definition) is 2. The first-order valence-corrected chi connectivity index (χ1v) is 12.3. The Balaban J connectivity index is 3.65. The van der Waals surface area contributed by atoms with Gasteiger partial charge in [-0.1, -0.05) is 97.1 Å². The molecule has 166 valence electrons. The summed E-state index contributed by atoms with van der Waals surface area (Å²) in [6.45, 7) is 7.23.